The molecular weight excluding hydrogens is 208 g/mol. The molecule has 1 unspecified atom stereocenters. The molecule has 1 heterocycles. The Morgan fingerprint density at radius 3 is 2.00 bits per heavy atom. The van der Waals surface area contributed by atoms with E-state index < -0.39 is 0 Å². The molecule has 0 spiro atoms. The minimum atomic E-state index is 0.742. The van der Waals surface area contributed by atoms with Crippen LogP contribution in [0.2, 0.25) is 0 Å². The summed E-state index contributed by atoms with van der Waals surface area (Å²) in [5.41, 5.74) is 0. The Hall–Kier alpha value is -0.0800. The minimum absolute atomic E-state index is 0.742. The van der Waals surface area contributed by atoms with Gasteiger partial charge in [0.15, 0.2) is 0 Å². The van der Waals surface area contributed by atoms with E-state index in [4.69, 9.17) is 0 Å². The van der Waals surface area contributed by atoms with E-state index in [1.165, 1.54) is 32.5 Å². The highest BCUT2D eigenvalue weighted by Crippen LogP contribution is 2.20. The Morgan fingerprint density at radius 1 is 1.06 bits per heavy atom. The van der Waals surface area contributed by atoms with Crippen molar-refractivity contribution in [3.05, 3.63) is 0 Å². The van der Waals surface area contributed by atoms with Crippen LogP contribution in [-0.2, 0) is 0 Å². The molecule has 0 N–H and O–H groups in total. The maximum absolute atomic E-state index is 2.67. The lowest BCUT2D eigenvalue weighted by Crippen LogP contribution is -2.48. The third-order valence-corrected chi connectivity index (χ3v) is 4.32. The van der Waals surface area contributed by atoms with Crippen LogP contribution in [0, 0.1) is 11.8 Å². The molecule has 17 heavy (non-hydrogen) atoms. The van der Waals surface area contributed by atoms with Crippen molar-refractivity contribution in [1.82, 2.24) is 9.80 Å². The number of piperidine rings is 1. The summed E-state index contributed by atoms with van der Waals surface area (Å²) < 4.78 is 0. The molecule has 0 aromatic heterocycles. The molecule has 1 aliphatic rings. The highest BCUT2D eigenvalue weighted by molar-refractivity contribution is 4.82. The van der Waals surface area contributed by atoms with Gasteiger partial charge in [-0.1, -0.05) is 27.7 Å². The van der Waals surface area contributed by atoms with Crippen LogP contribution in [0.25, 0.3) is 0 Å². The molecule has 0 saturated carbocycles. The molecule has 102 valence electrons. The van der Waals surface area contributed by atoms with Crippen molar-refractivity contribution in [3.63, 3.8) is 0 Å². The molecule has 0 aromatic carbocycles. The Bertz CT molecular complexity index is 205. The van der Waals surface area contributed by atoms with Crippen molar-refractivity contribution in [2.75, 3.05) is 26.7 Å². The summed E-state index contributed by atoms with van der Waals surface area (Å²) in [4.78, 5) is 5.24. The lowest BCUT2D eigenvalue weighted by molar-refractivity contribution is 0.0814. The number of hydrogen-bond donors (Lipinski definition) is 0. The monoisotopic (exact) mass is 240 g/mol. The Kier molecular flexibility index (Phi) is 5.94. The van der Waals surface area contributed by atoms with Crippen LogP contribution in [0.5, 0.6) is 0 Å². The first-order chi connectivity index (χ1) is 7.91. The minimum Gasteiger partial charge on any atom is -0.303 e. The second-order valence-electron chi connectivity index (χ2n) is 6.59. The standard InChI is InChI=1S/C15H32N2/c1-12(2)11-16(6)15-7-9-17(10-8-15)14(5)13(3)4/h12-15H,7-11H2,1-6H3. The van der Waals surface area contributed by atoms with Gasteiger partial charge in [-0.2, -0.15) is 0 Å². The molecule has 1 fully saturated rings. The van der Waals surface area contributed by atoms with Crippen molar-refractivity contribution in [2.45, 2.75) is 59.5 Å². The predicted octanol–water partition coefficient (Wildman–Crippen LogP) is 3.08. The highest BCUT2D eigenvalue weighted by atomic mass is 15.2. The molecule has 1 aliphatic heterocycles. The molecule has 1 saturated heterocycles. The average molecular weight is 240 g/mol. The summed E-state index contributed by atoms with van der Waals surface area (Å²) >= 11 is 0. The summed E-state index contributed by atoms with van der Waals surface area (Å²) in [6.45, 7) is 15.5. The second-order valence-corrected chi connectivity index (χ2v) is 6.59. The molecular formula is C15H32N2. The first-order valence-corrected chi connectivity index (χ1v) is 7.36. The Labute approximate surface area is 108 Å². The van der Waals surface area contributed by atoms with E-state index in [0.717, 1.165) is 23.9 Å². The van der Waals surface area contributed by atoms with Crippen LogP contribution >= 0.6 is 0 Å². The zero-order valence-corrected chi connectivity index (χ0v) is 12.7. The maximum atomic E-state index is 2.67. The van der Waals surface area contributed by atoms with E-state index in [-0.39, 0.29) is 0 Å². The van der Waals surface area contributed by atoms with Gasteiger partial charge in [0.25, 0.3) is 0 Å². The molecule has 0 bridgehead atoms. The van der Waals surface area contributed by atoms with Crippen molar-refractivity contribution in [3.8, 4) is 0 Å². The molecule has 0 aromatic rings. The van der Waals surface area contributed by atoms with Gasteiger partial charge in [-0.25, -0.2) is 0 Å². The molecule has 0 amide bonds. The zero-order chi connectivity index (χ0) is 13.0. The zero-order valence-electron chi connectivity index (χ0n) is 12.7. The summed E-state index contributed by atoms with van der Waals surface area (Å²) in [6, 6.07) is 1.55. The van der Waals surface area contributed by atoms with Crippen molar-refractivity contribution < 1.29 is 0 Å². The SMILES string of the molecule is CC(C)CN(C)C1CCN(C(C)C(C)C)CC1. The van der Waals surface area contributed by atoms with Crippen molar-refractivity contribution in [1.29, 1.82) is 0 Å². The topological polar surface area (TPSA) is 6.48 Å². The van der Waals surface area contributed by atoms with Crippen LogP contribution in [-0.4, -0.2) is 48.6 Å². The maximum Gasteiger partial charge on any atom is 0.0117 e. The quantitative estimate of drug-likeness (QED) is 0.728. The summed E-state index contributed by atoms with van der Waals surface area (Å²) in [6.07, 6.45) is 2.70. The first-order valence-electron chi connectivity index (χ1n) is 7.36. The lowest BCUT2D eigenvalue weighted by atomic mass is 9.97. The first kappa shape index (κ1) is 15.0. The van der Waals surface area contributed by atoms with E-state index in [2.05, 4.69) is 51.5 Å². The normalized spacial score (nSPS) is 21.7. The largest absolute Gasteiger partial charge is 0.303 e. The number of rotatable bonds is 5. The molecule has 0 radical (unpaired) electrons. The van der Waals surface area contributed by atoms with Crippen LogP contribution in [0.4, 0.5) is 0 Å². The molecule has 2 nitrogen and oxygen atoms in total. The van der Waals surface area contributed by atoms with Crippen molar-refractivity contribution >= 4 is 0 Å². The van der Waals surface area contributed by atoms with Gasteiger partial charge in [-0.3, -0.25) is 0 Å². The molecule has 1 rings (SSSR count). The van der Waals surface area contributed by atoms with E-state index in [9.17, 15) is 0 Å². The third kappa shape index (κ3) is 4.59. The average Bonchev–Trinajstić information content (AvgIpc) is 2.27. The fourth-order valence-electron chi connectivity index (χ4n) is 2.88. The Morgan fingerprint density at radius 2 is 1.59 bits per heavy atom. The van der Waals surface area contributed by atoms with Gasteiger partial charge in [0.1, 0.15) is 0 Å². The Balaban J connectivity index is 2.35. The smallest absolute Gasteiger partial charge is 0.0117 e. The number of nitrogens with zero attached hydrogens (tertiary/aromatic N) is 2. The third-order valence-electron chi connectivity index (χ3n) is 4.32. The van der Waals surface area contributed by atoms with Crippen molar-refractivity contribution in [2.24, 2.45) is 11.8 Å². The van der Waals surface area contributed by atoms with Crippen LogP contribution in [0.15, 0.2) is 0 Å². The van der Waals surface area contributed by atoms with Gasteiger partial charge in [-0.15, -0.1) is 0 Å². The number of likely N-dealkylation sites (tertiary alicyclic amines) is 1. The fourth-order valence-corrected chi connectivity index (χ4v) is 2.88. The van der Waals surface area contributed by atoms with Gasteiger partial charge >= 0.3 is 0 Å². The van der Waals surface area contributed by atoms with E-state index >= 15 is 0 Å². The fraction of sp³-hybridized carbons (Fsp3) is 1.00. The van der Waals surface area contributed by atoms with Gasteiger partial charge < -0.3 is 9.80 Å². The molecule has 1 atom stereocenters. The lowest BCUT2D eigenvalue weighted by Gasteiger charge is -2.41. The van der Waals surface area contributed by atoms with E-state index in [1.54, 1.807) is 0 Å². The predicted molar refractivity (Wildman–Crippen MR) is 76.4 cm³/mol. The van der Waals surface area contributed by atoms with Crippen LogP contribution in [0.1, 0.15) is 47.5 Å². The van der Waals surface area contributed by atoms with Gasteiger partial charge in [0.05, 0.1) is 0 Å². The van der Waals surface area contributed by atoms with Gasteiger partial charge in [0.2, 0.25) is 0 Å². The van der Waals surface area contributed by atoms with E-state index in [0.29, 0.717) is 0 Å². The summed E-state index contributed by atoms with van der Waals surface area (Å²) in [5.74, 6) is 1.56. The van der Waals surface area contributed by atoms with Gasteiger partial charge in [0, 0.05) is 18.6 Å². The molecule has 2 heteroatoms. The van der Waals surface area contributed by atoms with E-state index in [1.807, 2.05) is 0 Å². The number of hydrogen-bond acceptors (Lipinski definition) is 2. The summed E-state index contributed by atoms with van der Waals surface area (Å²) in [5, 5.41) is 0. The molecule has 0 aliphatic carbocycles. The second kappa shape index (κ2) is 6.75. The summed E-state index contributed by atoms with van der Waals surface area (Å²) in [7, 11) is 2.30. The van der Waals surface area contributed by atoms with Gasteiger partial charge in [-0.05, 0) is 51.7 Å². The van der Waals surface area contributed by atoms with Crippen LogP contribution in [0.3, 0.4) is 0 Å². The highest BCUT2D eigenvalue weighted by Gasteiger charge is 2.26. The van der Waals surface area contributed by atoms with Crippen LogP contribution < -0.4 is 0 Å².